The van der Waals surface area contributed by atoms with Crippen molar-refractivity contribution >= 4 is 21.6 Å². The van der Waals surface area contributed by atoms with E-state index in [0.717, 1.165) is 27.4 Å². The molecule has 0 radical (unpaired) electrons. The van der Waals surface area contributed by atoms with E-state index in [1.165, 1.54) is 0 Å². The van der Waals surface area contributed by atoms with Crippen molar-refractivity contribution in [1.82, 2.24) is 0 Å². The van der Waals surface area contributed by atoms with Gasteiger partial charge in [-0.2, -0.15) is 0 Å². The standard InChI is InChI=1S/C16H18BrNO3/c1-19-14-5-3-4-6-15(14)21-10-9-18-12-7-8-13(17)16(11-12)20-2/h3-8,11,18H,9-10H2,1-2H3. The first-order valence-corrected chi connectivity index (χ1v) is 7.37. The van der Waals surface area contributed by atoms with Crippen LogP contribution in [0.15, 0.2) is 46.9 Å². The number of ether oxygens (including phenoxy) is 3. The van der Waals surface area contributed by atoms with Crippen molar-refractivity contribution < 1.29 is 14.2 Å². The first-order chi connectivity index (χ1) is 10.2. The van der Waals surface area contributed by atoms with Crippen LogP contribution in [0.2, 0.25) is 0 Å². The summed E-state index contributed by atoms with van der Waals surface area (Å²) < 4.78 is 17.1. The van der Waals surface area contributed by atoms with E-state index in [1.807, 2.05) is 42.5 Å². The third kappa shape index (κ3) is 4.29. The maximum Gasteiger partial charge on any atom is 0.161 e. The predicted molar refractivity (Wildman–Crippen MR) is 87.7 cm³/mol. The Morgan fingerprint density at radius 3 is 2.38 bits per heavy atom. The lowest BCUT2D eigenvalue weighted by Gasteiger charge is -2.12. The highest BCUT2D eigenvalue weighted by Crippen LogP contribution is 2.28. The van der Waals surface area contributed by atoms with Gasteiger partial charge in [0.1, 0.15) is 12.4 Å². The fraction of sp³-hybridized carbons (Fsp3) is 0.250. The van der Waals surface area contributed by atoms with E-state index in [-0.39, 0.29) is 0 Å². The summed E-state index contributed by atoms with van der Waals surface area (Å²) in [6.45, 7) is 1.22. The highest BCUT2D eigenvalue weighted by molar-refractivity contribution is 9.10. The molecule has 0 fully saturated rings. The number of nitrogens with one attached hydrogen (secondary N) is 1. The lowest BCUT2D eigenvalue weighted by atomic mass is 10.3. The summed E-state index contributed by atoms with van der Waals surface area (Å²) in [6.07, 6.45) is 0. The first kappa shape index (κ1) is 15.5. The van der Waals surface area contributed by atoms with Crippen LogP contribution in [0, 0.1) is 0 Å². The van der Waals surface area contributed by atoms with Crippen molar-refractivity contribution in [3.63, 3.8) is 0 Å². The van der Waals surface area contributed by atoms with Crippen molar-refractivity contribution in [2.75, 3.05) is 32.7 Å². The number of hydrogen-bond acceptors (Lipinski definition) is 4. The second-order valence-electron chi connectivity index (χ2n) is 4.28. The smallest absolute Gasteiger partial charge is 0.161 e. The van der Waals surface area contributed by atoms with Crippen molar-refractivity contribution in [2.24, 2.45) is 0 Å². The Morgan fingerprint density at radius 2 is 1.67 bits per heavy atom. The van der Waals surface area contributed by atoms with Crippen molar-refractivity contribution in [3.05, 3.63) is 46.9 Å². The lowest BCUT2D eigenvalue weighted by Crippen LogP contribution is -2.11. The van der Waals surface area contributed by atoms with Crippen LogP contribution >= 0.6 is 15.9 Å². The molecule has 0 aliphatic carbocycles. The second-order valence-corrected chi connectivity index (χ2v) is 5.13. The third-order valence-corrected chi connectivity index (χ3v) is 3.56. The average Bonchev–Trinajstić information content (AvgIpc) is 2.53. The van der Waals surface area contributed by atoms with Gasteiger partial charge >= 0.3 is 0 Å². The van der Waals surface area contributed by atoms with Gasteiger partial charge in [-0.1, -0.05) is 12.1 Å². The van der Waals surface area contributed by atoms with E-state index >= 15 is 0 Å². The molecule has 21 heavy (non-hydrogen) atoms. The van der Waals surface area contributed by atoms with Crippen LogP contribution in [0.1, 0.15) is 0 Å². The largest absolute Gasteiger partial charge is 0.495 e. The van der Waals surface area contributed by atoms with Crippen LogP contribution in [-0.2, 0) is 0 Å². The minimum Gasteiger partial charge on any atom is -0.495 e. The molecule has 0 bridgehead atoms. The number of anilines is 1. The molecular weight excluding hydrogens is 334 g/mol. The quantitative estimate of drug-likeness (QED) is 0.766. The monoisotopic (exact) mass is 351 g/mol. The van der Waals surface area contributed by atoms with Gasteiger partial charge < -0.3 is 19.5 Å². The maximum atomic E-state index is 5.70. The molecule has 0 amide bonds. The molecule has 0 unspecified atom stereocenters. The summed E-state index contributed by atoms with van der Waals surface area (Å²) >= 11 is 3.43. The Hall–Kier alpha value is -1.88. The van der Waals surface area contributed by atoms with Gasteiger partial charge in [-0.05, 0) is 40.2 Å². The predicted octanol–water partition coefficient (Wildman–Crippen LogP) is 3.96. The highest BCUT2D eigenvalue weighted by atomic mass is 79.9. The van der Waals surface area contributed by atoms with Crippen molar-refractivity contribution in [1.29, 1.82) is 0 Å². The van der Waals surface area contributed by atoms with E-state index in [0.29, 0.717) is 13.2 Å². The summed E-state index contributed by atoms with van der Waals surface area (Å²) in [6, 6.07) is 13.5. The summed E-state index contributed by atoms with van der Waals surface area (Å²) in [5.41, 5.74) is 0.985. The van der Waals surface area contributed by atoms with Gasteiger partial charge in [-0.3, -0.25) is 0 Å². The fourth-order valence-electron chi connectivity index (χ4n) is 1.86. The topological polar surface area (TPSA) is 39.7 Å². The molecule has 0 aliphatic heterocycles. The number of methoxy groups -OCH3 is 2. The van der Waals surface area contributed by atoms with Gasteiger partial charge in [0.15, 0.2) is 11.5 Å². The molecule has 1 N–H and O–H groups in total. The van der Waals surface area contributed by atoms with Crippen LogP contribution in [0.3, 0.4) is 0 Å². The van der Waals surface area contributed by atoms with Gasteiger partial charge in [0.2, 0.25) is 0 Å². The van der Waals surface area contributed by atoms with E-state index in [9.17, 15) is 0 Å². The van der Waals surface area contributed by atoms with Gasteiger partial charge in [0.05, 0.1) is 18.7 Å². The molecule has 0 saturated heterocycles. The molecule has 2 rings (SSSR count). The van der Waals surface area contributed by atoms with Gasteiger partial charge in [0.25, 0.3) is 0 Å². The van der Waals surface area contributed by atoms with E-state index < -0.39 is 0 Å². The molecule has 0 heterocycles. The van der Waals surface area contributed by atoms with Gasteiger partial charge in [-0.25, -0.2) is 0 Å². The van der Waals surface area contributed by atoms with Gasteiger partial charge in [0, 0.05) is 18.3 Å². The minimum absolute atomic E-state index is 0.540. The Bertz CT molecular complexity index is 589. The zero-order valence-corrected chi connectivity index (χ0v) is 13.6. The minimum atomic E-state index is 0.540. The maximum absolute atomic E-state index is 5.70. The van der Waals surface area contributed by atoms with Crippen molar-refractivity contribution in [3.8, 4) is 17.2 Å². The lowest BCUT2D eigenvalue weighted by molar-refractivity contribution is 0.306. The normalized spacial score (nSPS) is 10.0. The number of benzene rings is 2. The number of rotatable bonds is 7. The SMILES string of the molecule is COc1cc(NCCOc2ccccc2OC)ccc1Br. The Balaban J connectivity index is 1.84. The molecule has 2 aromatic rings. The molecule has 5 heteroatoms. The van der Waals surface area contributed by atoms with Crippen LogP contribution in [0.4, 0.5) is 5.69 Å². The number of halogens is 1. The zero-order valence-electron chi connectivity index (χ0n) is 12.1. The molecule has 4 nitrogen and oxygen atoms in total. The van der Waals surface area contributed by atoms with E-state index in [2.05, 4.69) is 21.2 Å². The van der Waals surface area contributed by atoms with Crippen LogP contribution in [-0.4, -0.2) is 27.4 Å². The first-order valence-electron chi connectivity index (χ1n) is 6.58. The van der Waals surface area contributed by atoms with Crippen molar-refractivity contribution in [2.45, 2.75) is 0 Å². The van der Waals surface area contributed by atoms with Crippen LogP contribution < -0.4 is 19.5 Å². The summed E-state index contributed by atoms with van der Waals surface area (Å²) in [7, 11) is 3.28. The third-order valence-electron chi connectivity index (χ3n) is 2.91. The Morgan fingerprint density at radius 1 is 0.952 bits per heavy atom. The molecule has 2 aromatic carbocycles. The molecule has 0 saturated carbocycles. The zero-order chi connectivity index (χ0) is 15.1. The summed E-state index contributed by atoms with van der Waals surface area (Å²) in [5.74, 6) is 2.28. The summed E-state index contributed by atoms with van der Waals surface area (Å²) in [4.78, 5) is 0. The second kappa shape index (κ2) is 7.78. The highest BCUT2D eigenvalue weighted by Gasteiger charge is 2.03. The molecular formula is C16H18BrNO3. The molecule has 0 spiro atoms. The summed E-state index contributed by atoms with van der Waals surface area (Å²) in [5, 5.41) is 3.29. The molecule has 0 aliphatic rings. The Kier molecular flexibility index (Phi) is 5.75. The Labute approximate surface area is 133 Å². The van der Waals surface area contributed by atoms with Crippen LogP contribution in [0.5, 0.6) is 17.2 Å². The number of para-hydroxylation sites is 2. The number of hydrogen-bond donors (Lipinski definition) is 1. The van der Waals surface area contributed by atoms with Gasteiger partial charge in [-0.15, -0.1) is 0 Å². The fourth-order valence-corrected chi connectivity index (χ4v) is 2.27. The van der Waals surface area contributed by atoms with E-state index in [1.54, 1.807) is 14.2 Å². The van der Waals surface area contributed by atoms with Crippen LogP contribution in [0.25, 0.3) is 0 Å². The molecule has 0 atom stereocenters. The molecule has 112 valence electrons. The average molecular weight is 352 g/mol. The molecule has 0 aromatic heterocycles. The van der Waals surface area contributed by atoms with E-state index in [4.69, 9.17) is 14.2 Å².